The summed E-state index contributed by atoms with van der Waals surface area (Å²) in [5.41, 5.74) is -0.0680. The number of para-hydroxylation sites is 1. The summed E-state index contributed by atoms with van der Waals surface area (Å²) >= 11 is 0. The van der Waals surface area contributed by atoms with Crippen molar-refractivity contribution in [1.29, 1.82) is 0 Å². The molecule has 0 aromatic heterocycles. The Morgan fingerprint density at radius 1 is 1.40 bits per heavy atom. The van der Waals surface area contributed by atoms with E-state index in [0.717, 1.165) is 12.5 Å². The van der Waals surface area contributed by atoms with E-state index in [4.69, 9.17) is 0 Å². The molecule has 0 saturated carbocycles. The van der Waals surface area contributed by atoms with Crippen molar-refractivity contribution < 1.29 is 22.7 Å². The highest BCUT2D eigenvalue weighted by Crippen LogP contribution is 2.27. The number of alkyl halides is 3. The van der Waals surface area contributed by atoms with E-state index in [0.29, 0.717) is 13.1 Å². The molecule has 7 heteroatoms. The third kappa shape index (κ3) is 3.41. The van der Waals surface area contributed by atoms with E-state index in [1.807, 2.05) is 0 Å². The minimum atomic E-state index is -4.81. The molecule has 1 aromatic rings. The Hall–Kier alpha value is -1.76. The molecule has 1 saturated heterocycles. The molecule has 4 nitrogen and oxygen atoms in total. The number of nitrogens with one attached hydrogen (secondary N) is 1. The Labute approximate surface area is 114 Å². The zero-order valence-corrected chi connectivity index (χ0v) is 10.9. The summed E-state index contributed by atoms with van der Waals surface area (Å²) in [5, 5.41) is 3.05. The smallest absolute Gasteiger partial charge is 0.405 e. The number of carbonyl (C=O) groups is 1. The van der Waals surface area contributed by atoms with Crippen LogP contribution in [0.1, 0.15) is 16.8 Å². The Kier molecular flexibility index (Phi) is 4.17. The maximum absolute atomic E-state index is 12.3. The quantitative estimate of drug-likeness (QED) is 0.925. The second-order valence-corrected chi connectivity index (χ2v) is 4.57. The van der Waals surface area contributed by atoms with E-state index in [-0.39, 0.29) is 11.6 Å². The summed E-state index contributed by atoms with van der Waals surface area (Å²) in [6, 6.07) is 5.58. The number of likely N-dealkylation sites (tertiary alicyclic amines) is 1. The molecule has 1 unspecified atom stereocenters. The van der Waals surface area contributed by atoms with Gasteiger partial charge in [-0.2, -0.15) is 0 Å². The number of likely N-dealkylation sites (N-methyl/N-ethyl adjacent to an activating group) is 1. The third-order valence-electron chi connectivity index (χ3n) is 3.23. The van der Waals surface area contributed by atoms with Gasteiger partial charge >= 0.3 is 6.36 Å². The van der Waals surface area contributed by atoms with Crippen LogP contribution in [0.15, 0.2) is 24.3 Å². The van der Waals surface area contributed by atoms with Crippen LogP contribution in [0.5, 0.6) is 5.75 Å². The van der Waals surface area contributed by atoms with Gasteiger partial charge in [-0.05, 0) is 25.6 Å². The van der Waals surface area contributed by atoms with Gasteiger partial charge in [-0.3, -0.25) is 4.79 Å². The Balaban J connectivity index is 2.18. The second kappa shape index (κ2) is 5.70. The van der Waals surface area contributed by atoms with Gasteiger partial charge in [0.25, 0.3) is 5.91 Å². The fourth-order valence-electron chi connectivity index (χ4n) is 2.21. The van der Waals surface area contributed by atoms with Crippen LogP contribution >= 0.6 is 0 Å². The fourth-order valence-corrected chi connectivity index (χ4v) is 2.21. The average Bonchev–Trinajstić information content (AvgIpc) is 2.85. The van der Waals surface area contributed by atoms with Crippen molar-refractivity contribution in [2.45, 2.75) is 18.8 Å². The molecule has 1 aromatic carbocycles. The summed E-state index contributed by atoms with van der Waals surface area (Å²) in [6.07, 6.45) is -4.03. The third-order valence-corrected chi connectivity index (χ3v) is 3.23. The maximum atomic E-state index is 12.3. The SMILES string of the molecule is CNC1CCN(C(=O)c2ccccc2OC(F)(F)F)C1. The number of rotatable bonds is 3. The van der Waals surface area contributed by atoms with E-state index >= 15 is 0 Å². The summed E-state index contributed by atoms with van der Waals surface area (Å²) in [7, 11) is 1.79. The Morgan fingerprint density at radius 3 is 2.70 bits per heavy atom. The number of benzene rings is 1. The highest BCUT2D eigenvalue weighted by atomic mass is 19.4. The largest absolute Gasteiger partial charge is 0.573 e. The number of ether oxygens (including phenoxy) is 1. The van der Waals surface area contributed by atoms with Gasteiger partial charge in [-0.15, -0.1) is 13.2 Å². The minimum absolute atomic E-state index is 0.0680. The molecule has 0 radical (unpaired) electrons. The lowest BCUT2D eigenvalue weighted by Crippen LogP contribution is -2.34. The number of amides is 1. The van der Waals surface area contributed by atoms with Crippen LogP contribution in [-0.4, -0.2) is 43.3 Å². The molecule has 1 aliphatic rings. The minimum Gasteiger partial charge on any atom is -0.405 e. The molecular formula is C13H15F3N2O2. The summed E-state index contributed by atoms with van der Waals surface area (Å²) in [6.45, 7) is 1.00. The van der Waals surface area contributed by atoms with Crippen LogP contribution < -0.4 is 10.1 Å². The van der Waals surface area contributed by atoms with Crippen molar-refractivity contribution in [3.8, 4) is 5.75 Å². The van der Waals surface area contributed by atoms with Crippen molar-refractivity contribution in [3.05, 3.63) is 29.8 Å². The van der Waals surface area contributed by atoms with Crippen molar-refractivity contribution in [2.24, 2.45) is 0 Å². The van der Waals surface area contributed by atoms with Gasteiger partial charge < -0.3 is 15.0 Å². The highest BCUT2D eigenvalue weighted by Gasteiger charge is 2.34. The first-order chi connectivity index (χ1) is 9.40. The first-order valence-corrected chi connectivity index (χ1v) is 6.22. The standard InChI is InChI=1S/C13H15F3N2O2/c1-17-9-6-7-18(8-9)12(19)10-4-2-3-5-11(10)20-13(14,15)16/h2-5,9,17H,6-8H2,1H3. The topological polar surface area (TPSA) is 41.6 Å². The first-order valence-electron chi connectivity index (χ1n) is 6.22. The van der Waals surface area contributed by atoms with Gasteiger partial charge in [0.15, 0.2) is 0 Å². The van der Waals surface area contributed by atoms with Crippen molar-refractivity contribution in [3.63, 3.8) is 0 Å². The number of carbonyl (C=O) groups excluding carboxylic acids is 1. The predicted octanol–water partition coefficient (Wildman–Crippen LogP) is 2.02. The molecule has 1 aliphatic heterocycles. The predicted molar refractivity (Wildman–Crippen MR) is 66.5 cm³/mol. The van der Waals surface area contributed by atoms with Crippen molar-refractivity contribution >= 4 is 5.91 Å². The van der Waals surface area contributed by atoms with Crippen molar-refractivity contribution in [2.75, 3.05) is 20.1 Å². The molecule has 1 heterocycles. The molecule has 1 amide bonds. The van der Waals surface area contributed by atoms with Crippen molar-refractivity contribution in [1.82, 2.24) is 10.2 Å². The van der Waals surface area contributed by atoms with E-state index < -0.39 is 18.0 Å². The van der Waals surface area contributed by atoms with E-state index in [1.165, 1.54) is 23.1 Å². The van der Waals surface area contributed by atoms with Crippen LogP contribution in [0.4, 0.5) is 13.2 Å². The fraction of sp³-hybridized carbons (Fsp3) is 0.462. The summed E-state index contributed by atoms with van der Waals surface area (Å²) in [5.74, 6) is -0.902. The maximum Gasteiger partial charge on any atom is 0.573 e. The zero-order valence-electron chi connectivity index (χ0n) is 10.9. The molecule has 0 aliphatic carbocycles. The molecule has 110 valence electrons. The van der Waals surface area contributed by atoms with Crippen LogP contribution in [0.25, 0.3) is 0 Å². The van der Waals surface area contributed by atoms with Gasteiger partial charge in [-0.25, -0.2) is 0 Å². The Bertz CT molecular complexity index is 491. The number of halogens is 3. The van der Waals surface area contributed by atoms with Crippen LogP contribution in [-0.2, 0) is 0 Å². The highest BCUT2D eigenvalue weighted by molar-refractivity contribution is 5.97. The molecule has 2 rings (SSSR count). The Morgan fingerprint density at radius 2 is 2.10 bits per heavy atom. The monoisotopic (exact) mass is 288 g/mol. The van der Waals surface area contributed by atoms with Gasteiger partial charge in [0.05, 0.1) is 5.56 Å². The second-order valence-electron chi connectivity index (χ2n) is 4.57. The number of hydrogen-bond acceptors (Lipinski definition) is 3. The normalized spacial score (nSPS) is 19.2. The average molecular weight is 288 g/mol. The first kappa shape index (κ1) is 14.6. The number of nitrogens with zero attached hydrogens (tertiary/aromatic N) is 1. The van der Waals surface area contributed by atoms with Gasteiger partial charge in [0.1, 0.15) is 5.75 Å². The molecular weight excluding hydrogens is 273 g/mol. The number of hydrogen-bond donors (Lipinski definition) is 1. The molecule has 0 spiro atoms. The molecule has 0 bridgehead atoms. The molecule has 1 atom stereocenters. The lowest BCUT2D eigenvalue weighted by atomic mass is 10.2. The molecule has 1 N–H and O–H groups in total. The molecule has 20 heavy (non-hydrogen) atoms. The van der Waals surface area contributed by atoms with Gasteiger partial charge in [0.2, 0.25) is 0 Å². The van der Waals surface area contributed by atoms with E-state index in [2.05, 4.69) is 10.1 Å². The van der Waals surface area contributed by atoms with E-state index in [1.54, 1.807) is 7.05 Å². The zero-order chi connectivity index (χ0) is 14.8. The van der Waals surface area contributed by atoms with Crippen LogP contribution in [0.3, 0.4) is 0 Å². The van der Waals surface area contributed by atoms with Crippen LogP contribution in [0, 0.1) is 0 Å². The van der Waals surface area contributed by atoms with Gasteiger partial charge in [-0.1, -0.05) is 12.1 Å². The van der Waals surface area contributed by atoms with E-state index in [9.17, 15) is 18.0 Å². The van der Waals surface area contributed by atoms with Crippen LogP contribution in [0.2, 0.25) is 0 Å². The summed E-state index contributed by atoms with van der Waals surface area (Å²) in [4.78, 5) is 13.8. The van der Waals surface area contributed by atoms with Gasteiger partial charge in [0, 0.05) is 19.1 Å². The lowest BCUT2D eigenvalue weighted by Gasteiger charge is -2.19. The molecule has 1 fully saturated rings. The summed E-state index contributed by atoms with van der Waals surface area (Å²) < 4.78 is 40.9. The lowest BCUT2D eigenvalue weighted by molar-refractivity contribution is -0.274.